The normalized spacial score (nSPS) is 10.7. The molecule has 0 bridgehead atoms. The van der Waals surface area contributed by atoms with Gasteiger partial charge in [-0.25, -0.2) is 4.79 Å². The second kappa shape index (κ2) is 8.32. The molecule has 0 spiro atoms. The van der Waals surface area contributed by atoms with Gasteiger partial charge in [0.1, 0.15) is 16.9 Å². The van der Waals surface area contributed by atoms with Crippen LogP contribution >= 0.6 is 0 Å². The van der Waals surface area contributed by atoms with E-state index in [9.17, 15) is 14.9 Å². The minimum atomic E-state index is -0.735. The molecule has 0 atom stereocenters. The number of hydrogen-bond donors (Lipinski definition) is 0. The van der Waals surface area contributed by atoms with Crippen molar-refractivity contribution in [1.29, 1.82) is 5.26 Å². The molecule has 2 rings (SSSR count). The van der Waals surface area contributed by atoms with Gasteiger partial charge in [0.15, 0.2) is 0 Å². The molecule has 27 heavy (non-hydrogen) atoms. The minimum Gasteiger partial charge on any atom is -0.492 e. The monoisotopic (exact) mass is 368 g/mol. The van der Waals surface area contributed by atoms with Crippen LogP contribution in [0.3, 0.4) is 0 Å². The van der Waals surface area contributed by atoms with Crippen LogP contribution in [0.4, 0.5) is 5.69 Å². The van der Waals surface area contributed by atoms with Gasteiger partial charge in [-0.2, -0.15) is 5.26 Å². The van der Waals surface area contributed by atoms with Crippen LogP contribution in [-0.2, 0) is 11.2 Å². The summed E-state index contributed by atoms with van der Waals surface area (Å²) in [4.78, 5) is 22.8. The highest BCUT2D eigenvalue weighted by molar-refractivity contribution is 5.93. The second-order valence-corrected chi connectivity index (χ2v) is 6.85. The van der Waals surface area contributed by atoms with E-state index >= 15 is 0 Å². The van der Waals surface area contributed by atoms with Crippen LogP contribution < -0.4 is 4.74 Å². The molecular weight excluding hydrogens is 348 g/mol. The smallest absolute Gasteiger partial charge is 0.342 e. The Morgan fingerprint density at radius 3 is 2.41 bits per heavy atom. The average molecular weight is 368 g/mol. The lowest BCUT2D eigenvalue weighted by molar-refractivity contribution is -0.384. The Labute approximate surface area is 157 Å². The second-order valence-electron chi connectivity index (χ2n) is 6.85. The standard InChI is InChI=1S/C20H20N2O5/c1-20(2,3)27-19(23)17-12-16(22(24)25)8-9-18(17)26-11-10-14-4-6-15(13-21)7-5-14/h4-9,12H,10-11H2,1-3H3. The van der Waals surface area contributed by atoms with Gasteiger partial charge in [0, 0.05) is 18.6 Å². The molecule has 0 aliphatic heterocycles. The number of carbonyl (C=O) groups is 1. The van der Waals surface area contributed by atoms with Crippen molar-refractivity contribution in [2.75, 3.05) is 6.61 Å². The molecule has 0 saturated heterocycles. The van der Waals surface area contributed by atoms with Gasteiger partial charge in [0.05, 0.1) is 23.2 Å². The maximum absolute atomic E-state index is 12.4. The summed E-state index contributed by atoms with van der Waals surface area (Å²) in [6, 6.07) is 13.0. The number of non-ortho nitro benzene ring substituents is 1. The topological polar surface area (TPSA) is 102 Å². The first-order valence-electron chi connectivity index (χ1n) is 8.33. The number of nitriles is 1. The quantitative estimate of drug-likeness (QED) is 0.433. The number of benzene rings is 2. The molecule has 0 fully saturated rings. The van der Waals surface area contributed by atoms with E-state index in [-0.39, 0.29) is 23.6 Å². The molecule has 0 saturated carbocycles. The molecule has 2 aromatic carbocycles. The van der Waals surface area contributed by atoms with Gasteiger partial charge in [-0.05, 0) is 44.5 Å². The molecule has 0 radical (unpaired) electrons. The van der Waals surface area contributed by atoms with Crippen LogP contribution in [0.1, 0.15) is 42.3 Å². The van der Waals surface area contributed by atoms with Gasteiger partial charge < -0.3 is 9.47 Å². The molecule has 0 aliphatic rings. The number of carbonyl (C=O) groups excluding carboxylic acids is 1. The van der Waals surface area contributed by atoms with E-state index in [1.807, 2.05) is 12.1 Å². The highest BCUT2D eigenvalue weighted by Crippen LogP contribution is 2.26. The van der Waals surface area contributed by atoms with E-state index in [1.54, 1.807) is 32.9 Å². The Hall–Kier alpha value is -3.40. The lowest BCUT2D eigenvalue weighted by Gasteiger charge is -2.20. The zero-order chi connectivity index (χ0) is 20.0. The summed E-state index contributed by atoms with van der Waals surface area (Å²) >= 11 is 0. The van der Waals surface area contributed by atoms with Gasteiger partial charge in [-0.1, -0.05) is 12.1 Å². The third-order valence-electron chi connectivity index (χ3n) is 3.52. The predicted octanol–water partition coefficient (Wildman–Crippen LogP) is 4.04. The Bertz CT molecular complexity index is 877. The molecule has 7 heteroatoms. The highest BCUT2D eigenvalue weighted by Gasteiger charge is 2.23. The van der Waals surface area contributed by atoms with Gasteiger partial charge >= 0.3 is 5.97 Å². The molecule has 140 valence electrons. The summed E-state index contributed by atoms with van der Waals surface area (Å²) in [5, 5.41) is 19.8. The zero-order valence-electron chi connectivity index (χ0n) is 15.4. The maximum Gasteiger partial charge on any atom is 0.342 e. The fourth-order valence-corrected chi connectivity index (χ4v) is 2.27. The molecule has 2 aromatic rings. The Balaban J connectivity index is 2.15. The SMILES string of the molecule is CC(C)(C)OC(=O)c1cc([N+](=O)[O-])ccc1OCCc1ccc(C#N)cc1. The largest absolute Gasteiger partial charge is 0.492 e. The fraction of sp³-hybridized carbons (Fsp3) is 0.300. The maximum atomic E-state index is 12.4. The third-order valence-corrected chi connectivity index (χ3v) is 3.52. The van der Waals surface area contributed by atoms with Gasteiger partial charge in [0.2, 0.25) is 0 Å². The molecule has 0 N–H and O–H groups in total. The van der Waals surface area contributed by atoms with Crippen LogP contribution in [0, 0.1) is 21.4 Å². The van der Waals surface area contributed by atoms with Crippen LogP contribution in [-0.4, -0.2) is 23.1 Å². The number of hydrogen-bond acceptors (Lipinski definition) is 6. The fourth-order valence-electron chi connectivity index (χ4n) is 2.27. The summed E-state index contributed by atoms with van der Waals surface area (Å²) in [6.07, 6.45) is 0.552. The van der Waals surface area contributed by atoms with Crippen molar-refractivity contribution in [3.05, 3.63) is 69.3 Å². The summed E-state index contributed by atoms with van der Waals surface area (Å²) in [5.41, 5.74) is 0.604. The molecule has 7 nitrogen and oxygen atoms in total. The van der Waals surface area contributed by atoms with Gasteiger partial charge in [-0.3, -0.25) is 10.1 Å². The van der Waals surface area contributed by atoms with E-state index in [0.29, 0.717) is 12.0 Å². The molecule has 0 aliphatic carbocycles. The number of nitro benzene ring substituents is 1. The molecule has 0 amide bonds. The zero-order valence-corrected chi connectivity index (χ0v) is 15.4. The number of nitro groups is 1. The number of esters is 1. The summed E-state index contributed by atoms with van der Waals surface area (Å²) < 4.78 is 11.0. The number of nitrogens with zero attached hydrogens (tertiary/aromatic N) is 2. The van der Waals surface area contributed by atoms with E-state index < -0.39 is 16.5 Å². The number of ether oxygens (including phenoxy) is 2. The molecule has 0 aromatic heterocycles. The Kier molecular flexibility index (Phi) is 6.14. The van der Waals surface area contributed by atoms with Crippen molar-refractivity contribution in [3.8, 4) is 11.8 Å². The van der Waals surface area contributed by atoms with Crippen molar-refractivity contribution in [2.45, 2.75) is 32.8 Å². The van der Waals surface area contributed by atoms with Crippen LogP contribution in [0.2, 0.25) is 0 Å². The minimum absolute atomic E-state index is 0.0129. The first-order valence-corrected chi connectivity index (χ1v) is 8.33. The predicted molar refractivity (Wildman–Crippen MR) is 98.6 cm³/mol. The molecule has 0 heterocycles. The van der Waals surface area contributed by atoms with Crippen molar-refractivity contribution in [3.63, 3.8) is 0 Å². The van der Waals surface area contributed by atoms with Crippen LogP contribution in [0.15, 0.2) is 42.5 Å². The van der Waals surface area contributed by atoms with Crippen molar-refractivity contribution < 1.29 is 19.2 Å². The highest BCUT2D eigenvalue weighted by atomic mass is 16.6. The lowest BCUT2D eigenvalue weighted by Crippen LogP contribution is -2.24. The molecule has 0 unspecified atom stereocenters. The molecular formula is C20H20N2O5. The van der Waals surface area contributed by atoms with Gasteiger partial charge in [0.25, 0.3) is 5.69 Å². The summed E-state index contributed by atoms with van der Waals surface area (Å²) in [6.45, 7) is 5.41. The first-order chi connectivity index (χ1) is 12.7. The van der Waals surface area contributed by atoms with Gasteiger partial charge in [-0.15, -0.1) is 0 Å². The Morgan fingerprint density at radius 1 is 1.19 bits per heavy atom. The number of rotatable bonds is 6. The first kappa shape index (κ1) is 19.9. The van der Waals surface area contributed by atoms with Crippen LogP contribution in [0.5, 0.6) is 5.75 Å². The van der Waals surface area contributed by atoms with Crippen molar-refractivity contribution in [1.82, 2.24) is 0 Å². The van der Waals surface area contributed by atoms with Crippen molar-refractivity contribution >= 4 is 11.7 Å². The van der Waals surface area contributed by atoms with Crippen molar-refractivity contribution in [2.24, 2.45) is 0 Å². The van der Waals surface area contributed by atoms with E-state index in [1.165, 1.54) is 12.1 Å². The van der Waals surface area contributed by atoms with E-state index in [2.05, 4.69) is 6.07 Å². The van der Waals surface area contributed by atoms with E-state index in [0.717, 1.165) is 11.6 Å². The lowest BCUT2D eigenvalue weighted by atomic mass is 10.1. The summed E-state index contributed by atoms with van der Waals surface area (Å²) in [7, 11) is 0. The third kappa shape index (κ3) is 5.82. The average Bonchev–Trinajstić information content (AvgIpc) is 2.61. The Morgan fingerprint density at radius 2 is 1.85 bits per heavy atom. The van der Waals surface area contributed by atoms with E-state index in [4.69, 9.17) is 14.7 Å². The van der Waals surface area contributed by atoms with Crippen LogP contribution in [0.25, 0.3) is 0 Å². The summed E-state index contributed by atoms with van der Waals surface area (Å²) in [5.74, 6) is -0.455.